The Kier molecular flexibility index (Phi) is 1.85. The molecule has 1 heterocycles. The first-order valence-corrected chi connectivity index (χ1v) is 4.52. The molecule has 0 saturated carbocycles. The van der Waals surface area contributed by atoms with Crippen molar-refractivity contribution in [3.63, 3.8) is 0 Å². The predicted octanol–water partition coefficient (Wildman–Crippen LogP) is 1.81. The fourth-order valence-electron chi connectivity index (χ4n) is 1.81. The molecule has 1 nitrogen and oxygen atoms in total. The standard InChI is InChI=1S/C10H15N/c1-9-3-2-6-11(7-9)8-10-4-5-10/h4,9H,2-3,6-8H2,1H3. The third-order valence-electron chi connectivity index (χ3n) is 2.48. The summed E-state index contributed by atoms with van der Waals surface area (Å²) in [6, 6.07) is 0. The van der Waals surface area contributed by atoms with Crippen LogP contribution in [-0.4, -0.2) is 24.5 Å². The van der Waals surface area contributed by atoms with Crippen LogP contribution in [0.2, 0.25) is 0 Å². The molecule has 2 rings (SSSR count). The summed E-state index contributed by atoms with van der Waals surface area (Å²) in [5.74, 6) is 0.906. The molecule has 1 heteroatoms. The van der Waals surface area contributed by atoms with Crippen LogP contribution in [0, 0.1) is 5.92 Å². The average molecular weight is 149 g/mol. The topological polar surface area (TPSA) is 3.24 Å². The van der Waals surface area contributed by atoms with Crippen molar-refractivity contribution in [1.29, 1.82) is 0 Å². The number of nitrogens with zero attached hydrogens (tertiary/aromatic N) is 1. The van der Waals surface area contributed by atoms with E-state index in [2.05, 4.69) is 23.6 Å². The van der Waals surface area contributed by atoms with Crippen molar-refractivity contribution in [3.05, 3.63) is 17.4 Å². The van der Waals surface area contributed by atoms with Gasteiger partial charge in [0.1, 0.15) is 0 Å². The van der Waals surface area contributed by atoms with E-state index in [-0.39, 0.29) is 0 Å². The Morgan fingerprint density at radius 1 is 1.73 bits per heavy atom. The maximum atomic E-state index is 3.15. The van der Waals surface area contributed by atoms with Gasteiger partial charge in [-0.05, 0) is 31.4 Å². The second-order valence-electron chi connectivity index (χ2n) is 3.80. The van der Waals surface area contributed by atoms with Gasteiger partial charge in [-0.15, -0.1) is 5.73 Å². The first-order valence-electron chi connectivity index (χ1n) is 4.52. The average Bonchev–Trinajstić information content (AvgIpc) is 2.71. The Morgan fingerprint density at radius 3 is 3.18 bits per heavy atom. The Hall–Kier alpha value is -0.520. The van der Waals surface area contributed by atoms with Gasteiger partial charge in [-0.25, -0.2) is 0 Å². The minimum atomic E-state index is 0.906. The third-order valence-corrected chi connectivity index (χ3v) is 2.48. The van der Waals surface area contributed by atoms with Crippen molar-refractivity contribution in [2.24, 2.45) is 5.92 Å². The van der Waals surface area contributed by atoms with Gasteiger partial charge in [0.25, 0.3) is 0 Å². The smallest absolute Gasteiger partial charge is 0.0313 e. The molecular formula is C10H15N. The Balaban J connectivity index is 1.78. The summed E-state index contributed by atoms with van der Waals surface area (Å²) < 4.78 is 0. The third kappa shape index (κ3) is 1.95. The van der Waals surface area contributed by atoms with Crippen LogP contribution in [0.5, 0.6) is 0 Å². The summed E-state index contributed by atoms with van der Waals surface area (Å²) in [6.07, 6.45) is 4.90. The molecule has 0 amide bonds. The van der Waals surface area contributed by atoms with Crippen LogP contribution in [-0.2, 0) is 0 Å². The van der Waals surface area contributed by atoms with Crippen LogP contribution in [0.1, 0.15) is 19.8 Å². The summed E-state index contributed by atoms with van der Waals surface area (Å²) in [5.41, 5.74) is 4.56. The van der Waals surface area contributed by atoms with E-state index in [1.807, 2.05) is 0 Å². The van der Waals surface area contributed by atoms with E-state index < -0.39 is 0 Å². The molecule has 0 aromatic rings. The van der Waals surface area contributed by atoms with Gasteiger partial charge in [-0.3, -0.25) is 4.90 Å². The van der Waals surface area contributed by atoms with Crippen molar-refractivity contribution >= 4 is 0 Å². The number of likely N-dealkylation sites (tertiary alicyclic amines) is 1. The molecule has 1 atom stereocenters. The molecule has 0 bridgehead atoms. The number of piperidine rings is 1. The molecule has 2 aliphatic rings. The highest BCUT2D eigenvalue weighted by Gasteiger charge is 2.17. The fraction of sp³-hybridized carbons (Fsp3) is 0.700. The molecule has 1 aliphatic heterocycles. The second-order valence-corrected chi connectivity index (χ2v) is 3.80. The summed E-state index contributed by atoms with van der Waals surface area (Å²) >= 11 is 0. The normalized spacial score (nSPS) is 30.3. The Morgan fingerprint density at radius 2 is 2.55 bits per heavy atom. The lowest BCUT2D eigenvalue weighted by Crippen LogP contribution is -2.34. The molecule has 1 fully saturated rings. The van der Waals surface area contributed by atoms with E-state index in [1.165, 1.54) is 31.5 Å². The molecule has 0 spiro atoms. The zero-order valence-electron chi connectivity index (χ0n) is 7.14. The quantitative estimate of drug-likeness (QED) is 0.541. The largest absolute Gasteiger partial charge is 0.298 e. The molecule has 11 heavy (non-hydrogen) atoms. The van der Waals surface area contributed by atoms with Gasteiger partial charge in [0, 0.05) is 18.7 Å². The van der Waals surface area contributed by atoms with Crippen molar-refractivity contribution in [3.8, 4) is 0 Å². The monoisotopic (exact) mass is 149 g/mol. The number of hydrogen-bond donors (Lipinski definition) is 0. The highest BCUT2D eigenvalue weighted by atomic mass is 15.1. The summed E-state index contributed by atoms with van der Waals surface area (Å²) in [5, 5.41) is 0. The van der Waals surface area contributed by atoms with Gasteiger partial charge >= 0.3 is 0 Å². The Labute approximate surface area is 68.4 Å². The zero-order valence-corrected chi connectivity index (χ0v) is 7.14. The van der Waals surface area contributed by atoms with Crippen LogP contribution >= 0.6 is 0 Å². The Bertz CT molecular complexity index is 211. The van der Waals surface area contributed by atoms with Crippen LogP contribution in [0.4, 0.5) is 0 Å². The van der Waals surface area contributed by atoms with E-state index in [1.54, 1.807) is 0 Å². The van der Waals surface area contributed by atoms with Gasteiger partial charge in [-0.2, -0.15) is 0 Å². The molecular weight excluding hydrogens is 134 g/mol. The van der Waals surface area contributed by atoms with E-state index >= 15 is 0 Å². The molecule has 1 saturated heterocycles. The van der Waals surface area contributed by atoms with Crippen LogP contribution in [0.25, 0.3) is 0 Å². The van der Waals surface area contributed by atoms with Gasteiger partial charge in [0.2, 0.25) is 0 Å². The van der Waals surface area contributed by atoms with Crippen molar-refractivity contribution in [1.82, 2.24) is 4.90 Å². The van der Waals surface area contributed by atoms with Gasteiger partial charge in [0.15, 0.2) is 0 Å². The molecule has 0 radical (unpaired) electrons. The minimum Gasteiger partial charge on any atom is -0.298 e. The van der Waals surface area contributed by atoms with E-state index in [0.717, 1.165) is 12.5 Å². The second kappa shape index (κ2) is 2.84. The van der Waals surface area contributed by atoms with Crippen LogP contribution in [0.15, 0.2) is 17.4 Å². The molecule has 0 aromatic heterocycles. The molecule has 0 aromatic carbocycles. The summed E-state index contributed by atoms with van der Waals surface area (Å²) in [4.78, 5) is 2.54. The predicted molar refractivity (Wildman–Crippen MR) is 46.4 cm³/mol. The first kappa shape index (κ1) is 7.15. The lowest BCUT2D eigenvalue weighted by atomic mass is 10.0. The highest BCUT2D eigenvalue weighted by molar-refractivity contribution is 5.32. The van der Waals surface area contributed by atoms with Crippen LogP contribution < -0.4 is 0 Å². The maximum absolute atomic E-state index is 3.15. The van der Waals surface area contributed by atoms with E-state index in [9.17, 15) is 0 Å². The first-order chi connectivity index (χ1) is 5.34. The molecule has 1 aliphatic carbocycles. The van der Waals surface area contributed by atoms with Gasteiger partial charge in [0.05, 0.1) is 0 Å². The number of rotatable bonds is 2. The fourth-order valence-corrected chi connectivity index (χ4v) is 1.81. The molecule has 0 N–H and O–H groups in total. The van der Waals surface area contributed by atoms with Crippen molar-refractivity contribution < 1.29 is 0 Å². The van der Waals surface area contributed by atoms with E-state index in [4.69, 9.17) is 0 Å². The SMILES string of the molecule is CC1CCCN(CC2=C=C2)C1. The molecule has 60 valence electrons. The van der Waals surface area contributed by atoms with Crippen molar-refractivity contribution in [2.45, 2.75) is 19.8 Å². The number of hydrogen-bond acceptors (Lipinski definition) is 1. The lowest BCUT2D eigenvalue weighted by molar-refractivity contribution is 0.200. The minimum absolute atomic E-state index is 0.906. The lowest BCUT2D eigenvalue weighted by Gasteiger charge is -2.29. The maximum Gasteiger partial charge on any atom is 0.0313 e. The van der Waals surface area contributed by atoms with Crippen molar-refractivity contribution in [2.75, 3.05) is 19.6 Å². The van der Waals surface area contributed by atoms with Gasteiger partial charge in [-0.1, -0.05) is 6.92 Å². The van der Waals surface area contributed by atoms with Crippen LogP contribution in [0.3, 0.4) is 0 Å². The highest BCUT2D eigenvalue weighted by Crippen LogP contribution is 2.18. The summed E-state index contributed by atoms with van der Waals surface area (Å²) in [7, 11) is 0. The van der Waals surface area contributed by atoms with E-state index in [0.29, 0.717) is 0 Å². The zero-order chi connectivity index (χ0) is 7.68. The summed E-state index contributed by atoms with van der Waals surface area (Å²) in [6.45, 7) is 6.09. The van der Waals surface area contributed by atoms with Gasteiger partial charge < -0.3 is 0 Å². The molecule has 1 unspecified atom stereocenters.